The molecule has 4 rings (SSSR count). The number of nitrogens with zero attached hydrogens (tertiary/aromatic N) is 3. The first-order valence-corrected chi connectivity index (χ1v) is 15.8. The number of ether oxygens (including phenoxy) is 1. The molecule has 9 heteroatoms. The van der Waals surface area contributed by atoms with Crippen LogP contribution in [0.5, 0.6) is 0 Å². The van der Waals surface area contributed by atoms with Crippen LogP contribution in [-0.4, -0.2) is 56.0 Å². The van der Waals surface area contributed by atoms with Gasteiger partial charge in [-0.2, -0.15) is 4.31 Å². The van der Waals surface area contributed by atoms with Crippen molar-refractivity contribution in [1.29, 1.82) is 0 Å². The maximum Gasteiger partial charge on any atom is 0.260 e. The lowest BCUT2D eigenvalue weighted by atomic mass is 10.1. The molecule has 206 valence electrons. The monoisotopic (exact) mass is 557 g/mol. The van der Waals surface area contributed by atoms with Crippen LogP contribution in [0.4, 0.5) is 5.13 Å². The molecule has 0 aliphatic carbocycles. The molecular formula is C29H39N3O4S2. The van der Waals surface area contributed by atoms with Crippen molar-refractivity contribution in [3.8, 4) is 0 Å². The van der Waals surface area contributed by atoms with Gasteiger partial charge in [-0.05, 0) is 73.1 Å². The quantitative estimate of drug-likeness (QED) is 0.289. The van der Waals surface area contributed by atoms with Gasteiger partial charge in [-0.1, -0.05) is 52.0 Å². The number of sulfonamides is 1. The maximum absolute atomic E-state index is 13.8. The highest BCUT2D eigenvalue weighted by molar-refractivity contribution is 7.89. The van der Waals surface area contributed by atoms with Gasteiger partial charge in [0.25, 0.3) is 5.91 Å². The standard InChI is InChI=1S/C29H39N3O4S2/c1-6-22-9-14-26-27(16-22)37-29(30-26)32(19-24-8-7-15-36-24)28(33)23-10-12-25(13-11-23)38(34,35)31(17-20(2)3)18-21(4)5/h9-14,16,20-21,24H,6-8,15,17-19H2,1-5H3. The van der Waals surface area contributed by atoms with Crippen LogP contribution in [-0.2, 0) is 21.2 Å². The fourth-order valence-electron chi connectivity index (χ4n) is 4.69. The second kappa shape index (κ2) is 12.2. The second-order valence-electron chi connectivity index (χ2n) is 10.8. The summed E-state index contributed by atoms with van der Waals surface area (Å²) in [5.74, 6) is 0.205. The number of carbonyl (C=O) groups is 1. The van der Waals surface area contributed by atoms with Crippen LogP contribution < -0.4 is 4.90 Å². The Morgan fingerprint density at radius 2 is 1.76 bits per heavy atom. The minimum atomic E-state index is -3.67. The van der Waals surface area contributed by atoms with Crippen molar-refractivity contribution in [3.05, 3.63) is 53.6 Å². The highest BCUT2D eigenvalue weighted by Gasteiger charge is 2.29. The number of anilines is 1. The van der Waals surface area contributed by atoms with E-state index in [-0.39, 0.29) is 28.7 Å². The zero-order chi connectivity index (χ0) is 27.4. The average molecular weight is 558 g/mol. The van der Waals surface area contributed by atoms with Gasteiger partial charge < -0.3 is 4.74 Å². The molecule has 0 N–H and O–H groups in total. The van der Waals surface area contributed by atoms with Crippen LogP contribution in [0.2, 0.25) is 0 Å². The normalized spacial score (nSPS) is 16.3. The molecule has 7 nitrogen and oxygen atoms in total. The molecule has 1 amide bonds. The van der Waals surface area contributed by atoms with Gasteiger partial charge in [0.15, 0.2) is 5.13 Å². The van der Waals surface area contributed by atoms with E-state index in [1.165, 1.54) is 16.9 Å². The fraction of sp³-hybridized carbons (Fsp3) is 0.517. The summed E-state index contributed by atoms with van der Waals surface area (Å²) in [6.07, 6.45) is 2.76. The van der Waals surface area contributed by atoms with Gasteiger partial charge in [-0.25, -0.2) is 13.4 Å². The molecule has 0 radical (unpaired) electrons. The Kier molecular flexibility index (Phi) is 9.23. The SMILES string of the molecule is CCc1ccc2nc(N(CC3CCCO3)C(=O)c3ccc(S(=O)(=O)N(CC(C)C)CC(C)C)cc3)sc2c1. The third-order valence-electron chi connectivity index (χ3n) is 6.61. The van der Waals surface area contributed by atoms with Gasteiger partial charge in [0.05, 0.1) is 27.8 Å². The van der Waals surface area contributed by atoms with Gasteiger partial charge in [-0.3, -0.25) is 9.69 Å². The Morgan fingerprint density at radius 1 is 1.08 bits per heavy atom. The molecular weight excluding hydrogens is 518 g/mol. The summed E-state index contributed by atoms with van der Waals surface area (Å²) in [4.78, 5) is 20.5. The largest absolute Gasteiger partial charge is 0.376 e. The highest BCUT2D eigenvalue weighted by atomic mass is 32.2. The number of thiazole rings is 1. The van der Waals surface area contributed by atoms with Gasteiger partial charge in [-0.15, -0.1) is 0 Å². The van der Waals surface area contributed by atoms with Gasteiger partial charge in [0.1, 0.15) is 0 Å². The molecule has 1 saturated heterocycles. The summed E-state index contributed by atoms with van der Waals surface area (Å²) in [5.41, 5.74) is 2.52. The molecule has 1 fully saturated rings. The van der Waals surface area contributed by atoms with E-state index in [9.17, 15) is 13.2 Å². The molecule has 0 bridgehead atoms. The first-order chi connectivity index (χ1) is 18.1. The Balaban J connectivity index is 1.63. The van der Waals surface area contributed by atoms with Crippen LogP contribution >= 0.6 is 11.3 Å². The van der Waals surface area contributed by atoms with E-state index in [0.717, 1.165) is 29.5 Å². The van der Waals surface area contributed by atoms with E-state index in [4.69, 9.17) is 9.72 Å². The Bertz CT molecular complexity index is 1330. The summed E-state index contributed by atoms with van der Waals surface area (Å²) in [7, 11) is -3.67. The molecule has 1 aliphatic rings. The van der Waals surface area contributed by atoms with E-state index >= 15 is 0 Å². The molecule has 1 aliphatic heterocycles. The lowest BCUT2D eigenvalue weighted by Gasteiger charge is -2.26. The highest BCUT2D eigenvalue weighted by Crippen LogP contribution is 2.32. The van der Waals surface area contributed by atoms with Crippen molar-refractivity contribution < 1.29 is 17.9 Å². The fourth-order valence-corrected chi connectivity index (χ4v) is 7.50. The van der Waals surface area contributed by atoms with Crippen LogP contribution in [0, 0.1) is 11.8 Å². The maximum atomic E-state index is 13.8. The van der Waals surface area contributed by atoms with Crippen molar-refractivity contribution in [2.75, 3.05) is 31.1 Å². The van der Waals surface area contributed by atoms with E-state index < -0.39 is 10.0 Å². The van der Waals surface area contributed by atoms with Crippen molar-refractivity contribution in [3.63, 3.8) is 0 Å². The van der Waals surface area contributed by atoms with Crippen molar-refractivity contribution >= 4 is 42.6 Å². The molecule has 38 heavy (non-hydrogen) atoms. The number of aryl methyl sites for hydroxylation is 1. The van der Waals surface area contributed by atoms with Gasteiger partial charge in [0.2, 0.25) is 10.0 Å². The first-order valence-electron chi connectivity index (χ1n) is 13.5. The molecule has 1 aromatic heterocycles. The number of aromatic nitrogens is 1. The summed E-state index contributed by atoms with van der Waals surface area (Å²) in [6.45, 7) is 12.2. The van der Waals surface area contributed by atoms with Crippen LogP contribution in [0.15, 0.2) is 47.4 Å². The van der Waals surface area contributed by atoms with Crippen molar-refractivity contribution in [2.24, 2.45) is 11.8 Å². The zero-order valence-corrected chi connectivity index (χ0v) is 24.6. The second-order valence-corrected chi connectivity index (χ2v) is 13.8. The topological polar surface area (TPSA) is 79.8 Å². The molecule has 2 heterocycles. The van der Waals surface area contributed by atoms with E-state index in [2.05, 4.69) is 19.1 Å². The van der Waals surface area contributed by atoms with Gasteiger partial charge >= 0.3 is 0 Å². The number of rotatable bonds is 11. The van der Waals surface area contributed by atoms with Crippen LogP contribution in [0.3, 0.4) is 0 Å². The summed E-state index contributed by atoms with van der Waals surface area (Å²) >= 11 is 1.50. The van der Waals surface area contributed by atoms with Gasteiger partial charge in [0, 0.05) is 25.3 Å². The van der Waals surface area contributed by atoms with Crippen LogP contribution in [0.1, 0.15) is 63.4 Å². The zero-order valence-electron chi connectivity index (χ0n) is 23.0. The lowest BCUT2D eigenvalue weighted by Crippen LogP contribution is -2.38. The number of carbonyl (C=O) groups excluding carboxylic acids is 1. The molecule has 0 saturated carbocycles. The third kappa shape index (κ3) is 6.62. The minimum Gasteiger partial charge on any atom is -0.376 e. The van der Waals surface area contributed by atoms with E-state index in [1.54, 1.807) is 33.5 Å². The Morgan fingerprint density at radius 3 is 2.34 bits per heavy atom. The van der Waals surface area contributed by atoms with E-state index in [0.29, 0.717) is 36.9 Å². The van der Waals surface area contributed by atoms with Crippen LogP contribution in [0.25, 0.3) is 10.2 Å². The number of hydrogen-bond donors (Lipinski definition) is 0. The molecule has 3 aromatic rings. The number of hydrogen-bond acceptors (Lipinski definition) is 6. The number of benzene rings is 2. The predicted octanol–water partition coefficient (Wildman–Crippen LogP) is 5.99. The summed E-state index contributed by atoms with van der Waals surface area (Å²) in [5, 5.41) is 0.630. The van der Waals surface area contributed by atoms with E-state index in [1.807, 2.05) is 33.8 Å². The Hall–Kier alpha value is -2.33. The molecule has 1 unspecified atom stereocenters. The molecule has 1 atom stereocenters. The Labute approximate surface area is 230 Å². The van der Waals surface area contributed by atoms with Crippen molar-refractivity contribution in [2.45, 2.75) is 64.9 Å². The minimum absolute atomic E-state index is 0.0440. The molecule has 0 spiro atoms. The third-order valence-corrected chi connectivity index (χ3v) is 9.50. The lowest BCUT2D eigenvalue weighted by molar-refractivity contribution is 0.0917. The summed E-state index contributed by atoms with van der Waals surface area (Å²) in [6, 6.07) is 12.5. The molecule has 2 aromatic carbocycles. The average Bonchev–Trinajstić information content (AvgIpc) is 3.55. The number of amides is 1. The number of fused-ring (bicyclic) bond motifs is 1. The smallest absolute Gasteiger partial charge is 0.260 e. The predicted molar refractivity (Wildman–Crippen MR) is 155 cm³/mol. The van der Waals surface area contributed by atoms with Crippen molar-refractivity contribution in [1.82, 2.24) is 9.29 Å². The first kappa shape index (κ1) is 28.7. The summed E-state index contributed by atoms with van der Waals surface area (Å²) < 4.78 is 35.3.